The Labute approximate surface area is 84.8 Å². The largest absolute Gasteiger partial charge is 0.458 e. The van der Waals surface area contributed by atoms with Crippen LogP contribution >= 0.6 is 0 Å². The van der Waals surface area contributed by atoms with Crippen LogP contribution in [0.25, 0.3) is 0 Å². The molecule has 3 nitrogen and oxygen atoms in total. The number of hydrogen-bond donors (Lipinski definition) is 1. The van der Waals surface area contributed by atoms with Crippen molar-refractivity contribution in [2.45, 2.75) is 45.1 Å². The zero-order valence-corrected chi connectivity index (χ0v) is 8.66. The fourth-order valence-electron chi connectivity index (χ4n) is 1.78. The highest BCUT2D eigenvalue weighted by Gasteiger charge is 2.15. The van der Waals surface area contributed by atoms with E-state index >= 15 is 0 Å². The van der Waals surface area contributed by atoms with Gasteiger partial charge in [-0.15, -0.1) is 0 Å². The first-order valence-corrected chi connectivity index (χ1v) is 5.20. The summed E-state index contributed by atoms with van der Waals surface area (Å²) in [5, 5.41) is 8.70. The fraction of sp³-hybridized carbons (Fsp3) is 0.727. The second-order valence-corrected chi connectivity index (χ2v) is 3.69. The van der Waals surface area contributed by atoms with Gasteiger partial charge in [0.2, 0.25) is 0 Å². The fourth-order valence-corrected chi connectivity index (χ4v) is 1.78. The topological polar surface area (TPSA) is 46.5 Å². The molecule has 0 saturated carbocycles. The van der Waals surface area contributed by atoms with Crippen LogP contribution in [0.4, 0.5) is 0 Å². The maximum absolute atomic E-state index is 10.7. The molecular formula is C11H18O3. The molecule has 0 aromatic rings. The molecule has 0 heterocycles. The third-order valence-corrected chi connectivity index (χ3v) is 2.38. The Morgan fingerprint density at radius 3 is 3.14 bits per heavy atom. The standard InChI is InChI=1S/C11H18O3/c1-9(13)14-11-6-2-4-10(8-11)5-3-7-12/h8,11-12H,2-7H2,1H3. The minimum absolute atomic E-state index is 0.0325. The number of allylic oxidation sites excluding steroid dienone is 1. The van der Waals surface area contributed by atoms with Gasteiger partial charge in [0.05, 0.1) is 0 Å². The van der Waals surface area contributed by atoms with E-state index in [4.69, 9.17) is 9.84 Å². The monoisotopic (exact) mass is 198 g/mol. The van der Waals surface area contributed by atoms with E-state index in [1.54, 1.807) is 0 Å². The first-order valence-electron chi connectivity index (χ1n) is 5.20. The van der Waals surface area contributed by atoms with E-state index in [9.17, 15) is 4.79 Å². The van der Waals surface area contributed by atoms with E-state index in [1.165, 1.54) is 12.5 Å². The Morgan fingerprint density at radius 1 is 1.71 bits per heavy atom. The van der Waals surface area contributed by atoms with Gasteiger partial charge in [-0.1, -0.05) is 5.57 Å². The number of carbonyl (C=O) groups excluding carboxylic acids is 1. The molecule has 0 spiro atoms. The van der Waals surface area contributed by atoms with Crippen LogP contribution in [-0.2, 0) is 9.53 Å². The molecule has 80 valence electrons. The summed E-state index contributed by atoms with van der Waals surface area (Å²) in [7, 11) is 0. The summed E-state index contributed by atoms with van der Waals surface area (Å²) in [6.45, 7) is 1.67. The molecule has 1 aliphatic carbocycles. The molecule has 0 aliphatic heterocycles. The van der Waals surface area contributed by atoms with Crippen LogP contribution < -0.4 is 0 Å². The number of carbonyl (C=O) groups is 1. The van der Waals surface area contributed by atoms with Crippen LogP contribution in [0.1, 0.15) is 39.0 Å². The van der Waals surface area contributed by atoms with Gasteiger partial charge in [-0.3, -0.25) is 4.79 Å². The molecule has 1 N–H and O–H groups in total. The smallest absolute Gasteiger partial charge is 0.303 e. The molecule has 14 heavy (non-hydrogen) atoms. The summed E-state index contributed by atoms with van der Waals surface area (Å²) >= 11 is 0. The summed E-state index contributed by atoms with van der Waals surface area (Å²) in [5.41, 5.74) is 1.32. The Bertz CT molecular complexity index is 221. The number of aliphatic hydroxyl groups excluding tert-OH is 1. The van der Waals surface area contributed by atoms with Crippen molar-refractivity contribution in [3.63, 3.8) is 0 Å². The molecule has 0 fully saturated rings. The van der Waals surface area contributed by atoms with Gasteiger partial charge in [-0.05, 0) is 38.2 Å². The lowest BCUT2D eigenvalue weighted by molar-refractivity contribution is -0.144. The number of ether oxygens (including phenoxy) is 1. The number of hydrogen-bond acceptors (Lipinski definition) is 3. The Balaban J connectivity index is 2.42. The number of esters is 1. The van der Waals surface area contributed by atoms with Crippen molar-refractivity contribution in [2.75, 3.05) is 6.61 Å². The van der Waals surface area contributed by atoms with Gasteiger partial charge < -0.3 is 9.84 Å². The zero-order chi connectivity index (χ0) is 10.4. The molecule has 0 bridgehead atoms. The molecule has 0 aromatic heterocycles. The van der Waals surface area contributed by atoms with Crippen molar-refractivity contribution in [1.29, 1.82) is 0 Å². The SMILES string of the molecule is CC(=O)OC1C=C(CCCO)CCC1. The zero-order valence-electron chi connectivity index (χ0n) is 8.66. The van der Waals surface area contributed by atoms with Gasteiger partial charge in [-0.2, -0.15) is 0 Å². The van der Waals surface area contributed by atoms with Gasteiger partial charge >= 0.3 is 5.97 Å². The lowest BCUT2D eigenvalue weighted by Gasteiger charge is -2.20. The highest BCUT2D eigenvalue weighted by Crippen LogP contribution is 2.23. The van der Waals surface area contributed by atoms with Crippen LogP contribution in [-0.4, -0.2) is 23.8 Å². The van der Waals surface area contributed by atoms with Crippen LogP contribution in [0.2, 0.25) is 0 Å². The molecular weight excluding hydrogens is 180 g/mol. The molecule has 1 atom stereocenters. The van der Waals surface area contributed by atoms with Crippen LogP contribution in [0.5, 0.6) is 0 Å². The highest BCUT2D eigenvalue weighted by molar-refractivity contribution is 5.66. The van der Waals surface area contributed by atoms with E-state index in [-0.39, 0.29) is 18.7 Å². The maximum Gasteiger partial charge on any atom is 0.303 e. The number of aliphatic hydroxyl groups is 1. The van der Waals surface area contributed by atoms with E-state index in [0.29, 0.717) is 0 Å². The predicted molar refractivity (Wildman–Crippen MR) is 53.8 cm³/mol. The van der Waals surface area contributed by atoms with Gasteiger partial charge in [0.1, 0.15) is 6.10 Å². The van der Waals surface area contributed by atoms with Crippen LogP contribution in [0.15, 0.2) is 11.6 Å². The quantitative estimate of drug-likeness (QED) is 0.553. The lowest BCUT2D eigenvalue weighted by atomic mass is 9.94. The van der Waals surface area contributed by atoms with Gasteiger partial charge in [0.15, 0.2) is 0 Å². The molecule has 0 amide bonds. The first-order chi connectivity index (χ1) is 6.72. The Hall–Kier alpha value is -0.830. The minimum Gasteiger partial charge on any atom is -0.458 e. The first kappa shape index (κ1) is 11.2. The normalized spacial score (nSPS) is 21.6. The van der Waals surface area contributed by atoms with E-state index < -0.39 is 0 Å². The average Bonchev–Trinajstić information content (AvgIpc) is 2.14. The van der Waals surface area contributed by atoms with Gasteiger partial charge in [-0.25, -0.2) is 0 Å². The van der Waals surface area contributed by atoms with Crippen molar-refractivity contribution in [1.82, 2.24) is 0 Å². The minimum atomic E-state index is -0.213. The maximum atomic E-state index is 10.7. The van der Waals surface area contributed by atoms with Crippen LogP contribution in [0.3, 0.4) is 0 Å². The van der Waals surface area contributed by atoms with Crippen molar-refractivity contribution in [3.8, 4) is 0 Å². The van der Waals surface area contributed by atoms with Crippen molar-refractivity contribution >= 4 is 5.97 Å². The highest BCUT2D eigenvalue weighted by atomic mass is 16.5. The second kappa shape index (κ2) is 5.81. The Kier molecular flexibility index (Phi) is 4.66. The van der Waals surface area contributed by atoms with Crippen molar-refractivity contribution in [2.24, 2.45) is 0 Å². The number of rotatable bonds is 4. The summed E-state index contributed by atoms with van der Waals surface area (Å²) in [5.74, 6) is -0.213. The van der Waals surface area contributed by atoms with Gasteiger partial charge in [0.25, 0.3) is 0 Å². The molecule has 3 heteroatoms. The average molecular weight is 198 g/mol. The predicted octanol–water partition coefficient (Wildman–Crippen LogP) is 1.80. The molecule has 0 aromatic carbocycles. The molecule has 1 unspecified atom stereocenters. The summed E-state index contributed by atoms with van der Waals surface area (Å²) < 4.78 is 5.12. The van der Waals surface area contributed by atoms with E-state index in [0.717, 1.165) is 32.1 Å². The lowest BCUT2D eigenvalue weighted by Crippen LogP contribution is -2.17. The van der Waals surface area contributed by atoms with Crippen LogP contribution in [0, 0.1) is 0 Å². The van der Waals surface area contributed by atoms with Gasteiger partial charge in [0, 0.05) is 13.5 Å². The summed E-state index contributed by atoms with van der Waals surface area (Å²) in [6.07, 6.45) is 6.83. The van der Waals surface area contributed by atoms with E-state index in [2.05, 4.69) is 0 Å². The molecule has 1 aliphatic rings. The van der Waals surface area contributed by atoms with E-state index in [1.807, 2.05) is 6.08 Å². The third kappa shape index (κ3) is 3.92. The summed E-state index contributed by atoms with van der Waals surface area (Å²) in [6, 6.07) is 0. The second-order valence-electron chi connectivity index (χ2n) is 3.69. The molecule has 0 saturated heterocycles. The Morgan fingerprint density at radius 2 is 2.50 bits per heavy atom. The molecule has 0 radical (unpaired) electrons. The third-order valence-electron chi connectivity index (χ3n) is 2.38. The molecule has 1 rings (SSSR count). The van der Waals surface area contributed by atoms with Crippen molar-refractivity contribution < 1.29 is 14.6 Å². The summed E-state index contributed by atoms with van der Waals surface area (Å²) in [4.78, 5) is 10.7. The van der Waals surface area contributed by atoms with Crippen molar-refractivity contribution in [3.05, 3.63) is 11.6 Å².